The molecule has 1 aliphatic rings. The van der Waals surface area contributed by atoms with Crippen LogP contribution in [0.15, 0.2) is 0 Å². The Labute approximate surface area is 170 Å². The molecule has 0 bridgehead atoms. The molecule has 0 aromatic heterocycles. The third-order valence-corrected chi connectivity index (χ3v) is 5.10. The minimum absolute atomic E-state index is 0.0880. The average molecular weight is 400 g/mol. The van der Waals surface area contributed by atoms with Gasteiger partial charge < -0.3 is 19.7 Å². The zero-order valence-corrected chi connectivity index (χ0v) is 19.0. The van der Waals surface area contributed by atoms with Gasteiger partial charge in [-0.15, -0.1) is 0 Å². The molecular weight excluding hydrogens is 358 g/mol. The summed E-state index contributed by atoms with van der Waals surface area (Å²) in [7, 11) is 1.41. The number of carbonyl (C=O) groups is 2. The predicted octanol–water partition coefficient (Wildman–Crippen LogP) is 2.15. The number of esters is 1. The highest BCUT2D eigenvalue weighted by atomic mass is 16.5. The minimum atomic E-state index is -0.359. The van der Waals surface area contributed by atoms with Crippen LogP contribution in [0.5, 0.6) is 0 Å². The maximum absolute atomic E-state index is 13.2. The van der Waals surface area contributed by atoms with E-state index in [1.165, 1.54) is 7.11 Å². The van der Waals surface area contributed by atoms with Gasteiger partial charge in [0.05, 0.1) is 25.5 Å². The molecule has 1 aliphatic heterocycles. The Bertz CT molecular complexity index is 502. The number of rotatable bonds is 10. The topological polar surface area (TPSA) is 79.9 Å². The van der Waals surface area contributed by atoms with Gasteiger partial charge in [0.1, 0.15) is 6.04 Å². The number of methoxy groups -OCH3 is 1. The summed E-state index contributed by atoms with van der Waals surface area (Å²) < 4.78 is 10.6. The van der Waals surface area contributed by atoms with Crippen molar-refractivity contribution < 1.29 is 19.1 Å². The highest BCUT2D eigenvalue weighted by molar-refractivity contribution is 5.82. The van der Waals surface area contributed by atoms with E-state index >= 15 is 0 Å². The molecule has 3 atom stereocenters. The fraction of sp³-hybridized carbons (Fsp3) is 0.905. The Balaban J connectivity index is 2.71. The van der Waals surface area contributed by atoms with Crippen molar-refractivity contribution in [1.29, 1.82) is 0 Å². The standard InChI is InChI=1S/C21H41N3O4/c1-14(2)17(23-13-28-21(5,6)7)19(25)24-11-9-10-16(24)12-22-18(15(3)4)20(26)27-8/h14-18,22-23H,9-13H2,1-8H3/t16-,17?,18?/m0/s1. The third kappa shape index (κ3) is 7.68. The molecule has 1 heterocycles. The first-order chi connectivity index (χ1) is 13.0. The molecule has 0 aliphatic carbocycles. The van der Waals surface area contributed by atoms with Gasteiger partial charge in [-0.25, -0.2) is 0 Å². The van der Waals surface area contributed by atoms with Crippen LogP contribution in [0, 0.1) is 11.8 Å². The summed E-state index contributed by atoms with van der Waals surface area (Å²) >= 11 is 0. The van der Waals surface area contributed by atoms with Crippen molar-refractivity contribution in [2.75, 3.05) is 26.9 Å². The van der Waals surface area contributed by atoms with Gasteiger partial charge in [0.15, 0.2) is 0 Å². The molecule has 1 rings (SSSR count). The largest absolute Gasteiger partial charge is 0.468 e. The molecule has 0 saturated carbocycles. The lowest BCUT2D eigenvalue weighted by molar-refractivity contribution is -0.144. The number of amides is 1. The molecule has 28 heavy (non-hydrogen) atoms. The fourth-order valence-electron chi connectivity index (χ4n) is 3.45. The summed E-state index contributed by atoms with van der Waals surface area (Å²) in [5.41, 5.74) is -0.253. The van der Waals surface area contributed by atoms with Gasteiger partial charge >= 0.3 is 5.97 Å². The van der Waals surface area contributed by atoms with Crippen LogP contribution < -0.4 is 10.6 Å². The smallest absolute Gasteiger partial charge is 0.323 e. The number of hydrogen-bond acceptors (Lipinski definition) is 6. The van der Waals surface area contributed by atoms with E-state index in [2.05, 4.69) is 10.6 Å². The minimum Gasteiger partial charge on any atom is -0.468 e. The second kappa shape index (κ2) is 11.1. The van der Waals surface area contributed by atoms with Crippen molar-refractivity contribution in [1.82, 2.24) is 15.5 Å². The number of hydrogen-bond donors (Lipinski definition) is 2. The highest BCUT2D eigenvalue weighted by Gasteiger charge is 2.35. The molecule has 1 fully saturated rings. The summed E-state index contributed by atoms with van der Waals surface area (Å²) in [4.78, 5) is 27.1. The molecule has 1 saturated heterocycles. The van der Waals surface area contributed by atoms with Gasteiger partial charge in [0.2, 0.25) is 5.91 Å². The Hall–Kier alpha value is -1.18. The molecule has 0 aromatic rings. The number of carbonyl (C=O) groups excluding carboxylic acids is 2. The molecule has 2 N–H and O–H groups in total. The van der Waals surface area contributed by atoms with E-state index < -0.39 is 0 Å². The van der Waals surface area contributed by atoms with Crippen LogP contribution in [0.25, 0.3) is 0 Å². The van der Waals surface area contributed by atoms with Crippen LogP contribution in [-0.2, 0) is 19.1 Å². The van der Waals surface area contributed by atoms with E-state index in [0.717, 1.165) is 19.4 Å². The van der Waals surface area contributed by atoms with Crippen molar-refractivity contribution in [3.63, 3.8) is 0 Å². The second-order valence-electron chi connectivity index (χ2n) is 9.31. The first kappa shape index (κ1) is 24.9. The molecule has 2 unspecified atom stereocenters. The monoisotopic (exact) mass is 399 g/mol. The van der Waals surface area contributed by atoms with Crippen molar-refractivity contribution in [3.05, 3.63) is 0 Å². The van der Waals surface area contributed by atoms with E-state index in [9.17, 15) is 9.59 Å². The molecule has 7 nitrogen and oxygen atoms in total. The van der Waals surface area contributed by atoms with Crippen molar-refractivity contribution in [2.45, 2.75) is 85.0 Å². The van der Waals surface area contributed by atoms with Gasteiger partial charge in [-0.2, -0.15) is 0 Å². The molecule has 0 radical (unpaired) electrons. The quantitative estimate of drug-likeness (QED) is 0.433. The summed E-state index contributed by atoms with van der Waals surface area (Å²) in [6, 6.07) is -0.559. The molecular formula is C21H41N3O4. The van der Waals surface area contributed by atoms with Crippen LogP contribution in [0.4, 0.5) is 0 Å². The summed E-state index contributed by atoms with van der Waals surface area (Å²) in [6.45, 7) is 15.7. The van der Waals surface area contributed by atoms with E-state index in [4.69, 9.17) is 9.47 Å². The summed E-state index contributed by atoms with van der Waals surface area (Å²) in [5, 5.41) is 6.59. The second-order valence-corrected chi connectivity index (χ2v) is 9.31. The summed E-state index contributed by atoms with van der Waals surface area (Å²) in [5.74, 6) is 0.129. The van der Waals surface area contributed by atoms with Crippen LogP contribution in [-0.4, -0.2) is 67.4 Å². The molecule has 164 valence electrons. The first-order valence-electron chi connectivity index (χ1n) is 10.5. The van der Waals surface area contributed by atoms with E-state index in [1.54, 1.807) is 0 Å². The van der Waals surface area contributed by atoms with E-state index in [-0.39, 0.29) is 47.4 Å². The number of nitrogens with zero attached hydrogens (tertiary/aromatic N) is 1. The maximum atomic E-state index is 13.2. The highest BCUT2D eigenvalue weighted by Crippen LogP contribution is 2.20. The predicted molar refractivity (Wildman–Crippen MR) is 111 cm³/mol. The molecule has 0 spiro atoms. The molecule has 7 heteroatoms. The van der Waals surface area contributed by atoms with Crippen LogP contribution in [0.3, 0.4) is 0 Å². The number of nitrogens with one attached hydrogen (secondary N) is 2. The molecule has 1 amide bonds. The first-order valence-corrected chi connectivity index (χ1v) is 10.5. The Kier molecular flexibility index (Phi) is 9.87. The van der Waals surface area contributed by atoms with Crippen molar-refractivity contribution >= 4 is 11.9 Å². The zero-order chi connectivity index (χ0) is 21.5. The SMILES string of the molecule is COC(=O)C(NC[C@@H]1CCCN1C(=O)C(NCOC(C)(C)C)C(C)C)C(C)C. The van der Waals surface area contributed by atoms with Gasteiger partial charge in [0, 0.05) is 19.1 Å². The van der Waals surface area contributed by atoms with Crippen LogP contribution in [0.2, 0.25) is 0 Å². The Morgan fingerprint density at radius 2 is 1.68 bits per heavy atom. The lowest BCUT2D eigenvalue weighted by Gasteiger charge is -2.33. The van der Waals surface area contributed by atoms with E-state index in [1.807, 2.05) is 53.4 Å². The van der Waals surface area contributed by atoms with Crippen molar-refractivity contribution in [2.24, 2.45) is 11.8 Å². The fourth-order valence-corrected chi connectivity index (χ4v) is 3.45. The van der Waals surface area contributed by atoms with Gasteiger partial charge in [-0.3, -0.25) is 14.9 Å². The van der Waals surface area contributed by atoms with Crippen molar-refractivity contribution in [3.8, 4) is 0 Å². The maximum Gasteiger partial charge on any atom is 0.323 e. The zero-order valence-electron chi connectivity index (χ0n) is 19.0. The third-order valence-electron chi connectivity index (χ3n) is 5.10. The Morgan fingerprint density at radius 3 is 2.18 bits per heavy atom. The summed E-state index contributed by atoms with van der Waals surface area (Å²) in [6.07, 6.45) is 1.92. The van der Waals surface area contributed by atoms with Gasteiger partial charge in [0.25, 0.3) is 0 Å². The van der Waals surface area contributed by atoms with Gasteiger partial charge in [-0.05, 0) is 45.4 Å². The lowest BCUT2D eigenvalue weighted by Crippen LogP contribution is -2.54. The Morgan fingerprint density at radius 1 is 1.07 bits per heavy atom. The molecule has 0 aromatic carbocycles. The van der Waals surface area contributed by atoms with Crippen LogP contribution >= 0.6 is 0 Å². The number of ether oxygens (including phenoxy) is 2. The van der Waals surface area contributed by atoms with E-state index in [0.29, 0.717) is 13.3 Å². The van der Waals surface area contributed by atoms with Crippen LogP contribution in [0.1, 0.15) is 61.3 Å². The lowest BCUT2D eigenvalue weighted by atomic mass is 10.0. The average Bonchev–Trinajstić information content (AvgIpc) is 3.05. The normalized spacial score (nSPS) is 19.9. The van der Waals surface area contributed by atoms with Gasteiger partial charge in [-0.1, -0.05) is 27.7 Å². The number of likely N-dealkylation sites (tertiary alicyclic amines) is 1.